The molecule has 1 aliphatic heterocycles. The van der Waals surface area contributed by atoms with Gasteiger partial charge in [-0.05, 0) is 32.1 Å². The van der Waals surface area contributed by atoms with E-state index < -0.39 is 48.5 Å². The third-order valence-corrected chi connectivity index (χ3v) is 5.40. The molecule has 0 unspecified atom stereocenters. The number of imide groups is 2. The lowest BCUT2D eigenvalue weighted by Crippen LogP contribution is -2.54. The fourth-order valence-corrected chi connectivity index (χ4v) is 3.48. The molecular formula is C18H28N4O6. The van der Waals surface area contributed by atoms with Crippen LogP contribution in [0.5, 0.6) is 0 Å². The highest BCUT2D eigenvalue weighted by Gasteiger charge is 2.55. The van der Waals surface area contributed by atoms with Crippen molar-refractivity contribution in [1.29, 1.82) is 0 Å². The molecule has 1 spiro atoms. The fraction of sp³-hybridized carbons (Fsp3) is 0.722. The summed E-state index contributed by atoms with van der Waals surface area (Å²) < 4.78 is 4.79. The quantitative estimate of drug-likeness (QED) is 0.446. The molecule has 2 fully saturated rings. The average Bonchev–Trinajstić information content (AvgIpc) is 2.87. The normalized spacial score (nSPS) is 25.2. The molecule has 2 rings (SSSR count). The highest BCUT2D eigenvalue weighted by atomic mass is 16.5. The monoisotopic (exact) mass is 396 g/mol. The van der Waals surface area contributed by atoms with Crippen LogP contribution in [0, 0.1) is 5.92 Å². The lowest BCUT2D eigenvalue weighted by Gasteiger charge is -2.36. The number of esters is 1. The Kier molecular flexibility index (Phi) is 6.98. The maximum Gasteiger partial charge on any atom is 0.326 e. The topological polar surface area (TPSA) is 134 Å². The van der Waals surface area contributed by atoms with Gasteiger partial charge in [0, 0.05) is 6.04 Å². The molecule has 2 aliphatic rings. The Balaban J connectivity index is 1.83. The van der Waals surface area contributed by atoms with Crippen molar-refractivity contribution < 1.29 is 28.7 Å². The summed E-state index contributed by atoms with van der Waals surface area (Å²) >= 11 is 0. The van der Waals surface area contributed by atoms with Crippen LogP contribution in [-0.2, 0) is 19.1 Å². The molecule has 1 aliphatic carbocycles. The van der Waals surface area contributed by atoms with Gasteiger partial charge in [-0.3, -0.25) is 24.6 Å². The van der Waals surface area contributed by atoms with Crippen molar-refractivity contribution in [3.05, 3.63) is 0 Å². The third kappa shape index (κ3) is 4.79. The lowest BCUT2D eigenvalue weighted by atomic mass is 9.73. The molecule has 0 aromatic rings. The predicted octanol–water partition coefficient (Wildman–Crippen LogP) is 0.655. The Labute approximate surface area is 163 Å². The summed E-state index contributed by atoms with van der Waals surface area (Å²) in [5.41, 5.74) is -0.957. The molecule has 10 heteroatoms. The van der Waals surface area contributed by atoms with Gasteiger partial charge in [0.15, 0.2) is 6.61 Å². The zero-order valence-corrected chi connectivity index (χ0v) is 16.5. The standard InChI is InChI=1S/C18H28N4O6/c1-4-12(3)19-16(26)20-13(23)10-28-14(24)9-22-15(25)18(21-17(22)27)8-6-5-7-11(18)2/h11-12H,4-10H2,1-3H3,(H,21,27)(H2,19,20,23,26)/t11-,12-,18-/m0/s1. The molecule has 1 saturated heterocycles. The smallest absolute Gasteiger partial charge is 0.326 e. The number of nitrogens with zero attached hydrogens (tertiary/aromatic N) is 1. The van der Waals surface area contributed by atoms with Crippen molar-refractivity contribution in [3.63, 3.8) is 0 Å². The van der Waals surface area contributed by atoms with E-state index in [1.807, 2.05) is 19.2 Å². The van der Waals surface area contributed by atoms with Crippen molar-refractivity contribution in [2.24, 2.45) is 5.92 Å². The summed E-state index contributed by atoms with van der Waals surface area (Å²) in [6, 6.07) is -1.42. The molecule has 28 heavy (non-hydrogen) atoms. The molecule has 0 aromatic carbocycles. The minimum atomic E-state index is -0.957. The first-order valence-electron chi connectivity index (χ1n) is 9.59. The summed E-state index contributed by atoms with van der Waals surface area (Å²) in [5, 5.41) is 7.31. The Morgan fingerprint density at radius 2 is 2.04 bits per heavy atom. The maximum absolute atomic E-state index is 12.8. The van der Waals surface area contributed by atoms with Crippen LogP contribution >= 0.6 is 0 Å². The van der Waals surface area contributed by atoms with Gasteiger partial charge in [-0.15, -0.1) is 0 Å². The van der Waals surface area contributed by atoms with Crippen LogP contribution in [0.15, 0.2) is 0 Å². The summed E-state index contributed by atoms with van der Waals surface area (Å²) in [4.78, 5) is 61.0. The van der Waals surface area contributed by atoms with Gasteiger partial charge in [0.05, 0.1) is 0 Å². The highest BCUT2D eigenvalue weighted by Crippen LogP contribution is 2.38. The minimum Gasteiger partial charge on any atom is -0.454 e. The van der Waals surface area contributed by atoms with Gasteiger partial charge in [-0.2, -0.15) is 0 Å². The molecule has 1 saturated carbocycles. The first kappa shape index (κ1) is 21.6. The number of hydrogen-bond acceptors (Lipinski definition) is 6. The van der Waals surface area contributed by atoms with Gasteiger partial charge in [-0.1, -0.05) is 26.7 Å². The molecule has 0 radical (unpaired) electrons. The zero-order chi connectivity index (χ0) is 20.9. The summed E-state index contributed by atoms with van der Waals surface area (Å²) in [6.07, 6.45) is 3.88. The summed E-state index contributed by atoms with van der Waals surface area (Å²) in [6.45, 7) is 4.31. The summed E-state index contributed by atoms with van der Waals surface area (Å²) in [5.74, 6) is -2.15. The van der Waals surface area contributed by atoms with Crippen LogP contribution in [-0.4, -0.2) is 59.5 Å². The number of hydrogen-bond donors (Lipinski definition) is 3. The van der Waals surface area contributed by atoms with Crippen LogP contribution in [0.3, 0.4) is 0 Å². The highest BCUT2D eigenvalue weighted by molar-refractivity contribution is 6.09. The van der Waals surface area contributed by atoms with Crippen molar-refractivity contribution >= 4 is 29.8 Å². The van der Waals surface area contributed by atoms with E-state index >= 15 is 0 Å². The largest absolute Gasteiger partial charge is 0.454 e. The molecule has 3 N–H and O–H groups in total. The van der Waals surface area contributed by atoms with E-state index in [0.29, 0.717) is 12.8 Å². The van der Waals surface area contributed by atoms with E-state index in [1.165, 1.54) is 0 Å². The second kappa shape index (κ2) is 9.03. The van der Waals surface area contributed by atoms with Crippen LogP contribution < -0.4 is 16.0 Å². The number of nitrogens with one attached hydrogen (secondary N) is 3. The molecule has 0 bridgehead atoms. The number of amides is 6. The number of ether oxygens (including phenoxy) is 1. The first-order chi connectivity index (χ1) is 13.2. The Morgan fingerprint density at radius 1 is 1.32 bits per heavy atom. The Hall–Kier alpha value is -2.65. The molecule has 3 atom stereocenters. The van der Waals surface area contributed by atoms with Gasteiger partial charge in [0.1, 0.15) is 12.1 Å². The predicted molar refractivity (Wildman–Crippen MR) is 98.0 cm³/mol. The van der Waals surface area contributed by atoms with Gasteiger partial charge in [0.2, 0.25) is 0 Å². The lowest BCUT2D eigenvalue weighted by molar-refractivity contribution is -0.151. The third-order valence-electron chi connectivity index (χ3n) is 5.40. The van der Waals surface area contributed by atoms with E-state index in [1.54, 1.807) is 6.92 Å². The van der Waals surface area contributed by atoms with E-state index in [9.17, 15) is 24.0 Å². The minimum absolute atomic E-state index is 0.0199. The number of carbonyl (C=O) groups excluding carboxylic acids is 5. The second-order valence-corrected chi connectivity index (χ2v) is 7.43. The fourth-order valence-electron chi connectivity index (χ4n) is 3.48. The van der Waals surface area contributed by atoms with Gasteiger partial charge in [-0.25, -0.2) is 9.59 Å². The van der Waals surface area contributed by atoms with Gasteiger partial charge >= 0.3 is 18.0 Å². The van der Waals surface area contributed by atoms with Crippen LogP contribution in [0.25, 0.3) is 0 Å². The number of rotatable bonds is 6. The van der Waals surface area contributed by atoms with E-state index in [4.69, 9.17) is 4.74 Å². The molecular weight excluding hydrogens is 368 g/mol. The van der Waals surface area contributed by atoms with Crippen LogP contribution in [0.2, 0.25) is 0 Å². The zero-order valence-electron chi connectivity index (χ0n) is 16.5. The van der Waals surface area contributed by atoms with Crippen molar-refractivity contribution in [3.8, 4) is 0 Å². The van der Waals surface area contributed by atoms with Crippen molar-refractivity contribution in [2.75, 3.05) is 13.2 Å². The van der Waals surface area contributed by atoms with Gasteiger partial charge in [0.25, 0.3) is 11.8 Å². The molecule has 0 aromatic heterocycles. The molecule has 10 nitrogen and oxygen atoms in total. The number of carbonyl (C=O) groups is 5. The SMILES string of the molecule is CC[C@H](C)NC(=O)NC(=O)COC(=O)CN1C(=O)N[C@]2(CCCC[C@@H]2C)C1=O. The first-order valence-corrected chi connectivity index (χ1v) is 9.59. The molecule has 1 heterocycles. The van der Waals surface area contributed by atoms with E-state index in [2.05, 4.69) is 10.6 Å². The average molecular weight is 396 g/mol. The molecule has 6 amide bonds. The second-order valence-electron chi connectivity index (χ2n) is 7.43. The van der Waals surface area contributed by atoms with Crippen LogP contribution in [0.1, 0.15) is 52.9 Å². The Bertz CT molecular complexity index is 666. The maximum atomic E-state index is 12.8. The number of urea groups is 2. The van der Waals surface area contributed by atoms with Crippen molar-refractivity contribution in [1.82, 2.24) is 20.9 Å². The Morgan fingerprint density at radius 3 is 2.68 bits per heavy atom. The van der Waals surface area contributed by atoms with E-state index in [-0.39, 0.29) is 12.0 Å². The summed E-state index contributed by atoms with van der Waals surface area (Å²) in [7, 11) is 0. The van der Waals surface area contributed by atoms with E-state index in [0.717, 1.165) is 24.2 Å². The van der Waals surface area contributed by atoms with Crippen LogP contribution in [0.4, 0.5) is 9.59 Å². The van der Waals surface area contributed by atoms with Crippen molar-refractivity contribution in [2.45, 2.75) is 64.5 Å². The molecule has 156 valence electrons. The van der Waals surface area contributed by atoms with Gasteiger partial charge < -0.3 is 15.4 Å².